The van der Waals surface area contributed by atoms with Crippen LogP contribution in [0.2, 0.25) is 0 Å². The first kappa shape index (κ1) is 73.0. The molecule has 0 spiro atoms. The molecule has 9 heteroatoms. The van der Waals surface area contributed by atoms with Gasteiger partial charge in [0, 0.05) is 12.8 Å². The third kappa shape index (κ3) is 59.5. The number of ether oxygens (including phenoxy) is 4. The van der Waals surface area contributed by atoms with Gasteiger partial charge in [-0.1, -0.05) is 245 Å². The molecule has 0 radical (unpaired) electrons. The van der Waals surface area contributed by atoms with E-state index in [0.717, 1.165) is 109 Å². The quantitative estimate of drug-likeness (QED) is 0.0211. The minimum atomic E-state index is -1.52. The second-order valence-corrected chi connectivity index (χ2v) is 21.6. The van der Waals surface area contributed by atoms with Gasteiger partial charge < -0.3 is 28.5 Å². The molecule has 0 rings (SSSR count). The number of hydrogen-bond donors (Lipinski definition) is 1. The van der Waals surface area contributed by atoms with Crippen LogP contribution in [-0.4, -0.2) is 87.4 Å². The van der Waals surface area contributed by atoms with Crippen molar-refractivity contribution in [2.24, 2.45) is 0 Å². The van der Waals surface area contributed by atoms with Gasteiger partial charge in [-0.15, -0.1) is 0 Å². The van der Waals surface area contributed by atoms with Gasteiger partial charge in [0.05, 0.1) is 34.4 Å². The molecule has 0 heterocycles. The minimum absolute atomic E-state index is 0.182. The van der Waals surface area contributed by atoms with E-state index in [-0.39, 0.29) is 38.6 Å². The summed E-state index contributed by atoms with van der Waals surface area (Å²) in [6.07, 6.45) is 77.7. The number of hydrogen-bond acceptors (Lipinski definition) is 7. The van der Waals surface area contributed by atoms with Crippen molar-refractivity contribution in [3.8, 4) is 0 Å². The number of unbranched alkanes of at least 4 members (excludes halogenated alkanes) is 23. The van der Waals surface area contributed by atoms with Crippen molar-refractivity contribution in [1.29, 1.82) is 0 Å². The van der Waals surface area contributed by atoms with E-state index >= 15 is 0 Å². The number of nitrogens with zero attached hydrogens (tertiary/aromatic N) is 1. The van der Waals surface area contributed by atoms with E-state index in [2.05, 4.69) is 123 Å². The van der Waals surface area contributed by atoms with Gasteiger partial charge in [0.15, 0.2) is 6.10 Å². The van der Waals surface area contributed by atoms with Crippen molar-refractivity contribution in [3.63, 3.8) is 0 Å². The Morgan fingerprint density at radius 1 is 0.403 bits per heavy atom. The zero-order chi connectivity index (χ0) is 56.2. The van der Waals surface area contributed by atoms with Crippen LogP contribution in [0.1, 0.15) is 245 Å². The Hall–Kier alpha value is -4.05. The van der Waals surface area contributed by atoms with Crippen molar-refractivity contribution in [2.75, 3.05) is 47.5 Å². The Kier molecular flexibility index (Phi) is 55.1. The second kappa shape index (κ2) is 58.1. The maximum Gasteiger partial charge on any atom is 0.361 e. The van der Waals surface area contributed by atoms with E-state index in [0.29, 0.717) is 17.4 Å². The number of rotatable bonds is 56. The highest BCUT2D eigenvalue weighted by molar-refractivity contribution is 5.71. The smallest absolute Gasteiger partial charge is 0.361 e. The van der Waals surface area contributed by atoms with Crippen LogP contribution in [0, 0.1) is 0 Å². The van der Waals surface area contributed by atoms with Gasteiger partial charge in [-0.05, 0) is 96.3 Å². The van der Waals surface area contributed by atoms with Crippen LogP contribution in [0.4, 0.5) is 0 Å². The van der Waals surface area contributed by atoms with E-state index < -0.39 is 24.3 Å². The van der Waals surface area contributed by atoms with E-state index in [1.807, 2.05) is 21.1 Å². The van der Waals surface area contributed by atoms with Crippen LogP contribution in [0.15, 0.2) is 109 Å². The summed E-state index contributed by atoms with van der Waals surface area (Å²) in [5.74, 6) is -2.03. The molecule has 1 N–H and O–H groups in total. The molecule has 0 aliphatic heterocycles. The summed E-state index contributed by atoms with van der Waals surface area (Å²) in [6.45, 7) is 4.68. The first-order valence-corrected chi connectivity index (χ1v) is 31.1. The lowest BCUT2D eigenvalue weighted by Gasteiger charge is -2.25. The largest absolute Gasteiger partial charge is 0.477 e. The third-order valence-corrected chi connectivity index (χ3v) is 13.0. The van der Waals surface area contributed by atoms with Gasteiger partial charge in [0.25, 0.3) is 6.29 Å². The van der Waals surface area contributed by atoms with Gasteiger partial charge >= 0.3 is 17.9 Å². The number of carbonyl (C=O) groups is 3. The summed E-state index contributed by atoms with van der Waals surface area (Å²) in [6, 6.07) is 0. The molecule has 0 saturated heterocycles. The van der Waals surface area contributed by atoms with Gasteiger partial charge in [0.1, 0.15) is 13.2 Å². The fourth-order valence-electron chi connectivity index (χ4n) is 8.27. The maximum atomic E-state index is 12.9. The predicted octanol–water partition coefficient (Wildman–Crippen LogP) is 18.7. The van der Waals surface area contributed by atoms with Crippen molar-refractivity contribution in [1.82, 2.24) is 0 Å². The summed E-state index contributed by atoms with van der Waals surface area (Å²) < 4.78 is 22.8. The standard InChI is InChI=1S/C68H115NO8/c1-6-8-10-12-14-16-18-20-21-22-23-24-25-26-27-28-29-30-31-32-33-34-35-36-37-38-39-40-41-42-43-44-45-47-49-51-53-55-57-59-66(71)77-64(63-76-68(67(72)73)74-61-60-69(3,4)5)62-75-65(70)58-56-54-52-50-48-46-19-17-15-13-11-9-7-2/h8,10-11,13-14,16-17,19-21,23-24,26-27,29-30,32-33,64,68H,6-7,9,12,15,18,22,25,28,31,34-63H2,1-5H3/p+1/b10-8-,13-11-,16-14-,19-17-,21-20-,24-23-,27-26-,30-29-,33-32-. The molecule has 0 aliphatic carbocycles. The van der Waals surface area contributed by atoms with Crippen LogP contribution >= 0.6 is 0 Å². The Morgan fingerprint density at radius 2 is 0.740 bits per heavy atom. The Morgan fingerprint density at radius 3 is 1.10 bits per heavy atom. The average Bonchev–Trinajstić information content (AvgIpc) is 3.40. The molecule has 77 heavy (non-hydrogen) atoms. The lowest BCUT2D eigenvalue weighted by molar-refractivity contribution is -0.870. The lowest BCUT2D eigenvalue weighted by atomic mass is 10.0. The molecule has 2 atom stereocenters. The average molecular weight is 1080 g/mol. The number of esters is 2. The number of allylic oxidation sites excluding steroid dienone is 18. The normalized spacial score (nSPS) is 13.5. The lowest BCUT2D eigenvalue weighted by Crippen LogP contribution is -2.40. The van der Waals surface area contributed by atoms with Crippen LogP contribution < -0.4 is 0 Å². The molecule has 0 aromatic heterocycles. The number of carbonyl (C=O) groups excluding carboxylic acids is 2. The van der Waals surface area contributed by atoms with Crippen LogP contribution in [-0.2, 0) is 33.3 Å². The summed E-state index contributed by atoms with van der Waals surface area (Å²) in [4.78, 5) is 37.4. The van der Waals surface area contributed by atoms with Gasteiger partial charge in [-0.25, -0.2) is 4.79 Å². The number of quaternary nitrogens is 1. The molecule has 0 saturated carbocycles. The maximum absolute atomic E-state index is 12.9. The van der Waals surface area contributed by atoms with E-state index in [1.165, 1.54) is 103 Å². The zero-order valence-electron chi connectivity index (χ0n) is 50.1. The topological polar surface area (TPSA) is 108 Å². The van der Waals surface area contributed by atoms with Crippen LogP contribution in [0.3, 0.4) is 0 Å². The first-order valence-electron chi connectivity index (χ1n) is 31.1. The molecular weight excluding hydrogens is 959 g/mol. The summed E-state index contributed by atoms with van der Waals surface area (Å²) >= 11 is 0. The summed E-state index contributed by atoms with van der Waals surface area (Å²) in [5, 5.41) is 9.69. The van der Waals surface area contributed by atoms with Gasteiger partial charge in [0.2, 0.25) is 0 Å². The number of carboxylic acid groups (broad SMARTS) is 1. The Labute approximate surface area is 473 Å². The number of carboxylic acids is 1. The highest BCUT2D eigenvalue weighted by atomic mass is 16.7. The Balaban J connectivity index is 4.04. The van der Waals surface area contributed by atoms with E-state index in [9.17, 15) is 19.5 Å². The minimum Gasteiger partial charge on any atom is -0.477 e. The number of aliphatic carboxylic acids is 1. The van der Waals surface area contributed by atoms with Crippen LogP contribution in [0.5, 0.6) is 0 Å². The van der Waals surface area contributed by atoms with Crippen molar-refractivity contribution in [3.05, 3.63) is 109 Å². The van der Waals surface area contributed by atoms with Crippen molar-refractivity contribution in [2.45, 2.75) is 257 Å². The zero-order valence-corrected chi connectivity index (χ0v) is 50.1. The molecule has 0 amide bonds. The third-order valence-electron chi connectivity index (χ3n) is 13.0. The highest BCUT2D eigenvalue weighted by Crippen LogP contribution is 2.16. The molecule has 0 aromatic carbocycles. The summed E-state index contributed by atoms with van der Waals surface area (Å²) in [7, 11) is 5.96. The number of likely N-dealkylation sites (N-methyl/N-ethyl adjacent to an activating group) is 1. The Bertz CT molecular complexity index is 1630. The highest BCUT2D eigenvalue weighted by Gasteiger charge is 2.25. The van der Waals surface area contributed by atoms with E-state index in [1.54, 1.807) is 0 Å². The van der Waals surface area contributed by atoms with Crippen molar-refractivity contribution < 1.29 is 42.9 Å². The predicted molar refractivity (Wildman–Crippen MR) is 327 cm³/mol. The molecular formula is C68H116NO8+. The van der Waals surface area contributed by atoms with E-state index in [4.69, 9.17) is 18.9 Å². The molecule has 0 aliphatic rings. The fourth-order valence-corrected chi connectivity index (χ4v) is 8.27. The molecule has 0 fully saturated rings. The summed E-state index contributed by atoms with van der Waals surface area (Å²) in [5.41, 5.74) is 0. The van der Waals surface area contributed by atoms with Gasteiger partial charge in [-0.2, -0.15) is 0 Å². The molecule has 0 bridgehead atoms. The molecule has 2 unspecified atom stereocenters. The SMILES string of the molecule is CC/C=C\C/C=C\C/C=C\C/C=C\C/C=C\C/C=C\C/C=C\CCCCCCCCCCCCCCCCCCCC(=O)OC(COC(=O)CCCCCCC/C=C\C/C=C\CCC)COC(OCC[N+](C)(C)C)C(=O)O. The van der Waals surface area contributed by atoms with Gasteiger partial charge in [-0.3, -0.25) is 9.59 Å². The van der Waals surface area contributed by atoms with Crippen molar-refractivity contribution >= 4 is 17.9 Å². The second-order valence-electron chi connectivity index (χ2n) is 21.6. The molecule has 0 aromatic rings. The monoisotopic (exact) mass is 1070 g/mol. The first-order chi connectivity index (χ1) is 37.6. The molecule has 440 valence electrons. The van der Waals surface area contributed by atoms with Crippen LogP contribution in [0.25, 0.3) is 0 Å². The fraction of sp³-hybridized carbons (Fsp3) is 0.691. The molecule has 9 nitrogen and oxygen atoms in total.